The van der Waals surface area contributed by atoms with E-state index in [-0.39, 0.29) is 5.54 Å². The smallest absolute Gasteiger partial charge is 0.0594 e. The van der Waals surface area contributed by atoms with Crippen molar-refractivity contribution >= 4 is 0 Å². The third kappa shape index (κ3) is 4.42. The van der Waals surface area contributed by atoms with Crippen molar-refractivity contribution in [2.45, 2.75) is 44.7 Å². The molecular formula is C15H31N3O. The van der Waals surface area contributed by atoms with Crippen LogP contribution in [0, 0.1) is 0 Å². The molecule has 0 bridgehead atoms. The van der Waals surface area contributed by atoms with Gasteiger partial charge in [0.15, 0.2) is 0 Å². The fourth-order valence-corrected chi connectivity index (χ4v) is 3.23. The van der Waals surface area contributed by atoms with Crippen molar-refractivity contribution in [3.05, 3.63) is 0 Å². The number of piperidine rings is 1. The molecule has 0 aromatic rings. The van der Waals surface area contributed by atoms with E-state index in [2.05, 4.69) is 36.0 Å². The van der Waals surface area contributed by atoms with Crippen LogP contribution < -0.4 is 5.32 Å². The number of likely N-dealkylation sites (N-methyl/N-ethyl adjacent to an activating group) is 1. The van der Waals surface area contributed by atoms with Crippen LogP contribution in [0.4, 0.5) is 0 Å². The van der Waals surface area contributed by atoms with Crippen LogP contribution in [0.25, 0.3) is 0 Å². The van der Waals surface area contributed by atoms with Gasteiger partial charge in [-0.25, -0.2) is 0 Å². The zero-order valence-corrected chi connectivity index (χ0v) is 13.0. The Morgan fingerprint density at radius 1 is 1.16 bits per heavy atom. The minimum absolute atomic E-state index is 0.233. The van der Waals surface area contributed by atoms with Crippen molar-refractivity contribution < 1.29 is 4.74 Å². The van der Waals surface area contributed by atoms with Crippen LogP contribution in [0.3, 0.4) is 0 Å². The Morgan fingerprint density at radius 2 is 1.89 bits per heavy atom. The van der Waals surface area contributed by atoms with Gasteiger partial charge in [-0.15, -0.1) is 0 Å². The lowest BCUT2D eigenvalue weighted by Crippen LogP contribution is -2.56. The van der Waals surface area contributed by atoms with Crippen molar-refractivity contribution in [3.8, 4) is 0 Å². The topological polar surface area (TPSA) is 27.7 Å². The highest BCUT2D eigenvalue weighted by molar-refractivity contribution is 4.86. The highest BCUT2D eigenvalue weighted by Gasteiger charge is 2.28. The summed E-state index contributed by atoms with van der Waals surface area (Å²) in [7, 11) is 2.26. The van der Waals surface area contributed by atoms with Gasteiger partial charge >= 0.3 is 0 Å². The average molecular weight is 269 g/mol. The van der Waals surface area contributed by atoms with Crippen molar-refractivity contribution in [3.63, 3.8) is 0 Å². The van der Waals surface area contributed by atoms with E-state index in [9.17, 15) is 0 Å². The fourth-order valence-electron chi connectivity index (χ4n) is 3.23. The van der Waals surface area contributed by atoms with Gasteiger partial charge in [0.25, 0.3) is 0 Å². The largest absolute Gasteiger partial charge is 0.379 e. The first-order valence-corrected chi connectivity index (χ1v) is 7.83. The standard InChI is InChI=1S/C15H31N3O/c1-15(2,18-8-10-19-11-9-18)13-16-12-14-6-4-5-7-17(14)3/h14,16H,4-13H2,1-3H3. The second-order valence-corrected chi connectivity index (χ2v) is 6.67. The van der Waals surface area contributed by atoms with Crippen LogP contribution >= 0.6 is 0 Å². The lowest BCUT2D eigenvalue weighted by atomic mass is 10.0. The van der Waals surface area contributed by atoms with Crippen molar-refractivity contribution in [1.82, 2.24) is 15.1 Å². The zero-order valence-electron chi connectivity index (χ0n) is 13.0. The summed E-state index contributed by atoms with van der Waals surface area (Å²) in [5.74, 6) is 0. The number of ether oxygens (including phenoxy) is 1. The van der Waals surface area contributed by atoms with E-state index in [1.165, 1.54) is 25.8 Å². The molecule has 4 nitrogen and oxygen atoms in total. The maximum Gasteiger partial charge on any atom is 0.0594 e. The minimum atomic E-state index is 0.233. The molecule has 1 N–H and O–H groups in total. The highest BCUT2D eigenvalue weighted by atomic mass is 16.5. The molecule has 0 aromatic heterocycles. The Hall–Kier alpha value is -0.160. The van der Waals surface area contributed by atoms with E-state index >= 15 is 0 Å². The van der Waals surface area contributed by atoms with Crippen molar-refractivity contribution in [2.75, 3.05) is 53.0 Å². The van der Waals surface area contributed by atoms with E-state index in [4.69, 9.17) is 4.74 Å². The molecule has 0 saturated carbocycles. The zero-order chi connectivity index (χ0) is 13.7. The predicted octanol–water partition coefficient (Wildman–Crippen LogP) is 1.17. The summed E-state index contributed by atoms with van der Waals surface area (Å²) in [6.45, 7) is 12.0. The first-order valence-electron chi connectivity index (χ1n) is 7.83. The van der Waals surface area contributed by atoms with Gasteiger partial charge in [0.1, 0.15) is 0 Å². The normalized spacial score (nSPS) is 27.6. The first-order chi connectivity index (χ1) is 9.09. The van der Waals surface area contributed by atoms with E-state index in [1.54, 1.807) is 0 Å². The predicted molar refractivity (Wildman–Crippen MR) is 79.6 cm³/mol. The molecule has 2 heterocycles. The van der Waals surface area contributed by atoms with Crippen LogP contribution in [-0.2, 0) is 4.74 Å². The second kappa shape index (κ2) is 7.02. The summed E-state index contributed by atoms with van der Waals surface area (Å²) in [6, 6.07) is 0.731. The average Bonchev–Trinajstić information content (AvgIpc) is 2.42. The molecule has 0 amide bonds. The summed E-state index contributed by atoms with van der Waals surface area (Å²) < 4.78 is 5.44. The van der Waals surface area contributed by atoms with Gasteiger partial charge in [-0.2, -0.15) is 0 Å². The number of nitrogens with one attached hydrogen (secondary N) is 1. The Labute approximate surface area is 118 Å². The maximum atomic E-state index is 5.44. The molecule has 1 unspecified atom stereocenters. The number of rotatable bonds is 5. The molecule has 0 spiro atoms. The van der Waals surface area contributed by atoms with Gasteiger partial charge in [0.05, 0.1) is 13.2 Å². The summed E-state index contributed by atoms with van der Waals surface area (Å²) in [6.07, 6.45) is 4.11. The summed E-state index contributed by atoms with van der Waals surface area (Å²) >= 11 is 0. The first kappa shape index (κ1) is 15.2. The molecule has 0 aliphatic carbocycles. The molecule has 112 valence electrons. The number of hydrogen-bond donors (Lipinski definition) is 1. The maximum absolute atomic E-state index is 5.44. The van der Waals surface area contributed by atoms with E-state index in [0.717, 1.165) is 45.4 Å². The van der Waals surface area contributed by atoms with Gasteiger partial charge in [-0.1, -0.05) is 6.42 Å². The lowest BCUT2D eigenvalue weighted by molar-refractivity contribution is -0.0101. The van der Waals surface area contributed by atoms with Gasteiger partial charge in [0, 0.05) is 37.8 Å². The molecule has 2 aliphatic heterocycles. The monoisotopic (exact) mass is 269 g/mol. The SMILES string of the molecule is CN1CCCCC1CNCC(C)(C)N1CCOCC1. The van der Waals surface area contributed by atoms with Crippen LogP contribution in [0.15, 0.2) is 0 Å². The molecule has 0 aromatic carbocycles. The van der Waals surface area contributed by atoms with E-state index in [1.807, 2.05) is 0 Å². The van der Waals surface area contributed by atoms with Crippen LogP contribution in [0.2, 0.25) is 0 Å². The number of hydrogen-bond acceptors (Lipinski definition) is 4. The molecule has 1 atom stereocenters. The van der Waals surface area contributed by atoms with Gasteiger partial charge in [-0.3, -0.25) is 4.90 Å². The quantitative estimate of drug-likeness (QED) is 0.811. The third-order valence-electron chi connectivity index (χ3n) is 4.73. The van der Waals surface area contributed by atoms with Crippen LogP contribution in [0.1, 0.15) is 33.1 Å². The van der Waals surface area contributed by atoms with E-state index < -0.39 is 0 Å². The number of morpholine rings is 1. The Bertz CT molecular complexity index is 264. The summed E-state index contributed by atoms with van der Waals surface area (Å²) in [5, 5.41) is 3.70. The van der Waals surface area contributed by atoms with E-state index in [0.29, 0.717) is 0 Å². The van der Waals surface area contributed by atoms with Crippen LogP contribution in [-0.4, -0.2) is 74.4 Å². The Kier molecular flexibility index (Phi) is 5.63. The Morgan fingerprint density at radius 3 is 2.58 bits per heavy atom. The fraction of sp³-hybridized carbons (Fsp3) is 1.00. The molecule has 19 heavy (non-hydrogen) atoms. The second-order valence-electron chi connectivity index (χ2n) is 6.67. The molecular weight excluding hydrogens is 238 g/mol. The third-order valence-corrected chi connectivity index (χ3v) is 4.73. The van der Waals surface area contributed by atoms with Gasteiger partial charge < -0.3 is 15.0 Å². The molecule has 0 radical (unpaired) electrons. The van der Waals surface area contributed by atoms with Crippen molar-refractivity contribution in [1.29, 1.82) is 0 Å². The molecule has 2 fully saturated rings. The molecule has 4 heteroatoms. The van der Waals surface area contributed by atoms with Crippen molar-refractivity contribution in [2.24, 2.45) is 0 Å². The summed E-state index contributed by atoms with van der Waals surface area (Å²) in [5.41, 5.74) is 0.233. The summed E-state index contributed by atoms with van der Waals surface area (Å²) in [4.78, 5) is 5.06. The highest BCUT2D eigenvalue weighted by Crippen LogP contribution is 2.17. The van der Waals surface area contributed by atoms with Crippen LogP contribution in [0.5, 0.6) is 0 Å². The van der Waals surface area contributed by atoms with Gasteiger partial charge in [0.2, 0.25) is 0 Å². The number of likely N-dealkylation sites (tertiary alicyclic amines) is 1. The van der Waals surface area contributed by atoms with Gasteiger partial charge in [-0.05, 0) is 40.3 Å². The minimum Gasteiger partial charge on any atom is -0.379 e. The molecule has 2 aliphatic rings. The molecule has 2 rings (SSSR count). The number of nitrogens with zero attached hydrogens (tertiary/aromatic N) is 2. The Balaban J connectivity index is 1.71. The molecule has 2 saturated heterocycles. The lowest BCUT2D eigenvalue weighted by Gasteiger charge is -2.41.